The highest BCUT2D eigenvalue weighted by atomic mass is 31.2. The molecule has 34 heavy (non-hydrogen) atoms. The van der Waals surface area contributed by atoms with Crippen LogP contribution in [0.15, 0.2) is 60.7 Å². The van der Waals surface area contributed by atoms with Gasteiger partial charge >= 0.3 is 7.60 Å². The molecule has 0 atom stereocenters. The summed E-state index contributed by atoms with van der Waals surface area (Å²) < 4.78 is 36.8. The van der Waals surface area contributed by atoms with Crippen molar-refractivity contribution in [3.63, 3.8) is 0 Å². The zero-order valence-corrected chi connectivity index (χ0v) is 21.1. The zero-order chi connectivity index (χ0) is 24.1. The van der Waals surface area contributed by atoms with Gasteiger partial charge in [0.2, 0.25) is 0 Å². The van der Waals surface area contributed by atoms with Gasteiger partial charge in [0.25, 0.3) is 0 Å². The highest BCUT2D eigenvalue weighted by Crippen LogP contribution is 2.48. The monoisotopic (exact) mass is 481 g/mol. The SMILES string of the molecule is CCOP(=O)(CCc1ccc(Cn2c3ccc(OC)cc3c3cc(OC)ccc32)cc1)OCC. The number of hydrogen-bond donors (Lipinski definition) is 0. The van der Waals surface area contributed by atoms with Crippen LogP contribution < -0.4 is 9.47 Å². The van der Waals surface area contributed by atoms with Crippen LogP contribution in [0, 0.1) is 0 Å². The van der Waals surface area contributed by atoms with Crippen molar-refractivity contribution >= 4 is 29.4 Å². The lowest BCUT2D eigenvalue weighted by Crippen LogP contribution is -2.03. The number of methoxy groups -OCH3 is 2. The molecule has 4 aromatic rings. The summed E-state index contributed by atoms with van der Waals surface area (Å²) in [4.78, 5) is 0. The average Bonchev–Trinajstić information content (AvgIpc) is 3.16. The van der Waals surface area contributed by atoms with Crippen LogP contribution in [-0.4, -0.2) is 38.2 Å². The molecule has 7 heteroatoms. The lowest BCUT2D eigenvalue weighted by Gasteiger charge is -2.17. The van der Waals surface area contributed by atoms with Gasteiger partial charge in [-0.15, -0.1) is 0 Å². The zero-order valence-electron chi connectivity index (χ0n) is 20.2. The molecule has 0 fully saturated rings. The van der Waals surface area contributed by atoms with Gasteiger partial charge in [0.05, 0.1) is 33.6 Å². The van der Waals surface area contributed by atoms with Crippen LogP contribution in [0.3, 0.4) is 0 Å². The third-order valence-corrected chi connectivity index (χ3v) is 8.04. The molecule has 0 unspecified atom stereocenters. The van der Waals surface area contributed by atoms with Gasteiger partial charge in [-0.2, -0.15) is 0 Å². The quantitative estimate of drug-likeness (QED) is 0.224. The molecule has 0 bridgehead atoms. The number of ether oxygens (including phenoxy) is 2. The smallest absolute Gasteiger partial charge is 0.330 e. The first-order chi connectivity index (χ1) is 16.5. The van der Waals surface area contributed by atoms with Gasteiger partial charge in [-0.05, 0) is 67.8 Å². The minimum atomic E-state index is -3.04. The fourth-order valence-corrected chi connectivity index (χ4v) is 5.96. The Kier molecular flexibility index (Phi) is 7.62. The molecular weight excluding hydrogens is 449 g/mol. The van der Waals surface area contributed by atoms with E-state index in [0.29, 0.717) is 25.8 Å². The second-order valence-electron chi connectivity index (χ2n) is 8.09. The van der Waals surface area contributed by atoms with Crippen molar-refractivity contribution in [1.29, 1.82) is 0 Å². The molecule has 1 aromatic heterocycles. The van der Waals surface area contributed by atoms with E-state index >= 15 is 0 Å². The molecule has 1 heterocycles. The number of rotatable bonds is 11. The lowest BCUT2D eigenvalue weighted by molar-refractivity contribution is 0.220. The van der Waals surface area contributed by atoms with Crippen LogP contribution in [0.4, 0.5) is 0 Å². The largest absolute Gasteiger partial charge is 0.497 e. The minimum absolute atomic E-state index is 0.380. The Bertz CT molecular complexity index is 1240. The molecule has 6 nitrogen and oxygen atoms in total. The van der Waals surface area contributed by atoms with Crippen molar-refractivity contribution < 1.29 is 23.1 Å². The number of hydrogen-bond acceptors (Lipinski definition) is 5. The predicted molar refractivity (Wildman–Crippen MR) is 138 cm³/mol. The van der Waals surface area contributed by atoms with Gasteiger partial charge in [0, 0.05) is 28.4 Å². The Labute approximate surface area is 200 Å². The number of aromatic nitrogens is 1. The number of nitrogens with zero attached hydrogens (tertiary/aromatic N) is 1. The maximum Gasteiger partial charge on any atom is 0.330 e. The van der Waals surface area contributed by atoms with Gasteiger partial charge in [-0.3, -0.25) is 4.57 Å². The van der Waals surface area contributed by atoms with Crippen molar-refractivity contribution in [2.75, 3.05) is 33.6 Å². The van der Waals surface area contributed by atoms with Crippen molar-refractivity contribution in [2.24, 2.45) is 0 Å². The normalized spacial score (nSPS) is 11.9. The van der Waals surface area contributed by atoms with E-state index in [1.165, 1.54) is 5.56 Å². The van der Waals surface area contributed by atoms with Gasteiger partial charge in [0.15, 0.2) is 0 Å². The predicted octanol–water partition coefficient (Wildman–Crippen LogP) is 6.67. The van der Waals surface area contributed by atoms with Crippen molar-refractivity contribution in [2.45, 2.75) is 26.8 Å². The molecule has 0 N–H and O–H groups in total. The molecule has 0 aliphatic carbocycles. The minimum Gasteiger partial charge on any atom is -0.497 e. The lowest BCUT2D eigenvalue weighted by atomic mass is 10.1. The first-order valence-corrected chi connectivity index (χ1v) is 13.3. The van der Waals surface area contributed by atoms with Gasteiger partial charge < -0.3 is 23.1 Å². The molecule has 0 radical (unpaired) electrons. The van der Waals surface area contributed by atoms with E-state index in [1.807, 2.05) is 26.0 Å². The molecular formula is C27H32NO5P. The number of benzene rings is 3. The van der Waals surface area contributed by atoms with Crippen molar-refractivity contribution in [3.8, 4) is 11.5 Å². The standard InChI is InChI=1S/C27H32NO5P/c1-5-32-34(29,33-6-2)16-15-20-7-9-21(10-8-20)19-28-26-13-11-22(30-3)17-24(26)25-18-23(31-4)12-14-27(25)28/h7-14,17-18H,5-6,15-16,19H2,1-4H3. The van der Waals surface area contributed by atoms with Crippen molar-refractivity contribution in [1.82, 2.24) is 4.57 Å². The molecule has 0 spiro atoms. The molecule has 0 amide bonds. The summed E-state index contributed by atoms with van der Waals surface area (Å²) >= 11 is 0. The Balaban J connectivity index is 1.60. The van der Waals surface area contributed by atoms with E-state index in [9.17, 15) is 4.57 Å². The van der Waals surface area contributed by atoms with Crippen LogP contribution in [0.2, 0.25) is 0 Å². The topological polar surface area (TPSA) is 58.9 Å². The van der Waals surface area contributed by atoms with E-state index in [1.54, 1.807) is 14.2 Å². The summed E-state index contributed by atoms with van der Waals surface area (Å²) in [6.07, 6.45) is 1.02. The van der Waals surface area contributed by atoms with Crippen molar-refractivity contribution in [3.05, 3.63) is 71.8 Å². The van der Waals surface area contributed by atoms with Gasteiger partial charge in [0.1, 0.15) is 11.5 Å². The molecule has 4 rings (SSSR count). The van der Waals surface area contributed by atoms with Crippen LogP contribution in [0.1, 0.15) is 25.0 Å². The van der Waals surface area contributed by atoms with E-state index in [2.05, 4.69) is 53.1 Å². The van der Waals surface area contributed by atoms with E-state index in [4.69, 9.17) is 18.5 Å². The second-order valence-corrected chi connectivity index (χ2v) is 10.3. The first-order valence-electron chi connectivity index (χ1n) is 11.6. The first kappa shape index (κ1) is 24.3. The fraction of sp³-hybridized carbons (Fsp3) is 0.333. The molecule has 0 saturated carbocycles. The average molecular weight is 482 g/mol. The Hall–Kier alpha value is -2.79. The fourth-order valence-electron chi connectivity index (χ4n) is 4.31. The second kappa shape index (κ2) is 10.6. The highest BCUT2D eigenvalue weighted by molar-refractivity contribution is 7.53. The Morgan fingerprint density at radius 1 is 0.735 bits per heavy atom. The Morgan fingerprint density at radius 2 is 1.24 bits per heavy atom. The molecule has 0 saturated heterocycles. The Morgan fingerprint density at radius 3 is 1.71 bits per heavy atom. The van der Waals surface area contributed by atoms with Crippen LogP contribution >= 0.6 is 7.60 Å². The maximum atomic E-state index is 12.7. The summed E-state index contributed by atoms with van der Waals surface area (Å²) in [5, 5.41) is 2.26. The molecule has 3 aromatic carbocycles. The molecule has 180 valence electrons. The summed E-state index contributed by atoms with van der Waals surface area (Å²) in [6.45, 7) is 5.16. The number of aryl methyl sites for hydroxylation is 1. The van der Waals surface area contributed by atoms with Crippen LogP contribution in [0.5, 0.6) is 11.5 Å². The third kappa shape index (κ3) is 5.15. The van der Waals surface area contributed by atoms with E-state index < -0.39 is 7.60 Å². The highest BCUT2D eigenvalue weighted by Gasteiger charge is 2.23. The summed E-state index contributed by atoms with van der Waals surface area (Å²) in [5.41, 5.74) is 4.58. The summed E-state index contributed by atoms with van der Waals surface area (Å²) in [6, 6.07) is 20.8. The van der Waals surface area contributed by atoms with Crippen LogP contribution in [-0.2, 0) is 26.6 Å². The van der Waals surface area contributed by atoms with E-state index in [0.717, 1.165) is 45.4 Å². The van der Waals surface area contributed by atoms with Gasteiger partial charge in [-0.25, -0.2) is 0 Å². The third-order valence-electron chi connectivity index (χ3n) is 5.97. The summed E-state index contributed by atoms with van der Waals surface area (Å²) in [5.74, 6) is 1.66. The maximum absolute atomic E-state index is 12.7. The number of fused-ring (bicyclic) bond motifs is 3. The van der Waals surface area contributed by atoms with Gasteiger partial charge in [-0.1, -0.05) is 24.3 Å². The molecule has 0 aliphatic rings. The summed E-state index contributed by atoms with van der Waals surface area (Å²) in [7, 11) is 0.333. The van der Waals surface area contributed by atoms with Crippen LogP contribution in [0.25, 0.3) is 21.8 Å². The molecule has 0 aliphatic heterocycles. The van der Waals surface area contributed by atoms with E-state index in [-0.39, 0.29) is 0 Å².